The van der Waals surface area contributed by atoms with Crippen LogP contribution in [0.4, 0.5) is 5.69 Å². The third-order valence-electron chi connectivity index (χ3n) is 3.54. The lowest BCUT2D eigenvalue weighted by Crippen LogP contribution is -2.42. The minimum absolute atomic E-state index is 0.0737. The van der Waals surface area contributed by atoms with Gasteiger partial charge in [0.1, 0.15) is 0 Å². The number of sulfonamides is 1. The van der Waals surface area contributed by atoms with Crippen molar-refractivity contribution >= 4 is 15.7 Å². The molecule has 1 aliphatic heterocycles. The van der Waals surface area contributed by atoms with Gasteiger partial charge < -0.3 is 5.73 Å². The average Bonchev–Trinajstić information content (AvgIpc) is 2.32. The molecule has 1 aromatic rings. The van der Waals surface area contributed by atoms with Gasteiger partial charge in [-0.05, 0) is 44.4 Å². The van der Waals surface area contributed by atoms with Crippen molar-refractivity contribution in [2.24, 2.45) is 0 Å². The summed E-state index contributed by atoms with van der Waals surface area (Å²) >= 11 is 0. The Morgan fingerprint density at radius 1 is 1.33 bits per heavy atom. The van der Waals surface area contributed by atoms with Crippen LogP contribution in [0.1, 0.15) is 31.7 Å². The second-order valence-electron chi connectivity index (χ2n) is 4.99. The maximum atomic E-state index is 12.6. The normalized spacial score (nSPS) is 22.0. The topological polar surface area (TPSA) is 63.4 Å². The van der Waals surface area contributed by atoms with E-state index in [-0.39, 0.29) is 6.04 Å². The van der Waals surface area contributed by atoms with Crippen molar-refractivity contribution in [2.75, 3.05) is 12.3 Å². The average molecular weight is 268 g/mol. The molecule has 0 amide bonds. The van der Waals surface area contributed by atoms with E-state index in [0.717, 1.165) is 24.8 Å². The molecule has 1 heterocycles. The number of nitrogen functional groups attached to an aromatic ring is 1. The summed E-state index contributed by atoms with van der Waals surface area (Å²) in [6.45, 7) is 4.39. The van der Waals surface area contributed by atoms with Gasteiger partial charge in [0.05, 0.1) is 4.90 Å². The zero-order valence-electron chi connectivity index (χ0n) is 10.9. The van der Waals surface area contributed by atoms with E-state index in [1.54, 1.807) is 29.4 Å². The monoisotopic (exact) mass is 268 g/mol. The summed E-state index contributed by atoms with van der Waals surface area (Å²) in [6.07, 6.45) is 2.97. The summed E-state index contributed by atoms with van der Waals surface area (Å²) in [4.78, 5) is 0.344. The second kappa shape index (κ2) is 4.90. The van der Waals surface area contributed by atoms with Gasteiger partial charge in [0.15, 0.2) is 0 Å². The van der Waals surface area contributed by atoms with Crippen molar-refractivity contribution in [3.8, 4) is 0 Å². The smallest absolute Gasteiger partial charge is 0.243 e. The molecule has 0 bridgehead atoms. The first kappa shape index (κ1) is 13.4. The fourth-order valence-corrected chi connectivity index (χ4v) is 4.41. The van der Waals surface area contributed by atoms with Gasteiger partial charge in [0, 0.05) is 18.3 Å². The molecule has 0 spiro atoms. The number of hydrogen-bond acceptors (Lipinski definition) is 3. The minimum atomic E-state index is -3.41. The molecule has 1 fully saturated rings. The molecule has 2 N–H and O–H groups in total. The van der Waals surface area contributed by atoms with E-state index in [2.05, 4.69) is 0 Å². The van der Waals surface area contributed by atoms with Crippen molar-refractivity contribution in [1.82, 2.24) is 4.31 Å². The van der Waals surface area contributed by atoms with E-state index in [9.17, 15) is 8.42 Å². The number of rotatable bonds is 2. The van der Waals surface area contributed by atoms with Gasteiger partial charge in [-0.3, -0.25) is 0 Å². The molecule has 1 unspecified atom stereocenters. The highest BCUT2D eigenvalue weighted by molar-refractivity contribution is 7.89. The van der Waals surface area contributed by atoms with Crippen LogP contribution in [0.2, 0.25) is 0 Å². The second-order valence-corrected chi connectivity index (χ2v) is 6.84. The highest BCUT2D eigenvalue weighted by Crippen LogP contribution is 2.27. The van der Waals surface area contributed by atoms with Crippen molar-refractivity contribution < 1.29 is 8.42 Å². The first-order valence-corrected chi connectivity index (χ1v) is 7.75. The van der Waals surface area contributed by atoms with Crippen molar-refractivity contribution in [3.05, 3.63) is 23.8 Å². The van der Waals surface area contributed by atoms with Gasteiger partial charge in [-0.1, -0.05) is 12.5 Å². The van der Waals surface area contributed by atoms with Crippen LogP contribution in [0.25, 0.3) is 0 Å². The zero-order chi connectivity index (χ0) is 13.3. The molecule has 5 heteroatoms. The quantitative estimate of drug-likeness (QED) is 0.836. The van der Waals surface area contributed by atoms with Gasteiger partial charge in [0.25, 0.3) is 0 Å². The van der Waals surface area contributed by atoms with Crippen LogP contribution in [0.5, 0.6) is 0 Å². The molecule has 0 aliphatic carbocycles. The molecule has 1 saturated heterocycles. The van der Waals surface area contributed by atoms with E-state index >= 15 is 0 Å². The highest BCUT2D eigenvalue weighted by atomic mass is 32.2. The zero-order valence-corrected chi connectivity index (χ0v) is 11.7. The Bertz CT molecular complexity index is 540. The molecule has 4 nitrogen and oxygen atoms in total. The Kier molecular flexibility index (Phi) is 3.64. The van der Waals surface area contributed by atoms with E-state index in [4.69, 9.17) is 5.73 Å². The number of anilines is 1. The van der Waals surface area contributed by atoms with Crippen LogP contribution in [0.15, 0.2) is 23.1 Å². The molecule has 0 aromatic heterocycles. The van der Waals surface area contributed by atoms with Crippen molar-refractivity contribution in [1.29, 1.82) is 0 Å². The molecule has 1 aliphatic rings. The van der Waals surface area contributed by atoms with Gasteiger partial charge >= 0.3 is 0 Å². The first-order chi connectivity index (χ1) is 8.43. The molecule has 1 aromatic carbocycles. The predicted molar refractivity (Wildman–Crippen MR) is 72.8 cm³/mol. The summed E-state index contributed by atoms with van der Waals surface area (Å²) in [6, 6.07) is 5.13. The van der Waals surface area contributed by atoms with Gasteiger partial charge in [-0.2, -0.15) is 4.31 Å². The van der Waals surface area contributed by atoms with E-state index in [0.29, 0.717) is 17.1 Å². The maximum absolute atomic E-state index is 12.6. The Balaban J connectivity index is 2.44. The highest BCUT2D eigenvalue weighted by Gasteiger charge is 2.31. The van der Waals surface area contributed by atoms with Crippen LogP contribution < -0.4 is 5.73 Å². The number of nitrogens with zero attached hydrogens (tertiary/aromatic N) is 1. The molecule has 18 heavy (non-hydrogen) atoms. The van der Waals surface area contributed by atoms with Crippen LogP contribution in [0, 0.1) is 6.92 Å². The summed E-state index contributed by atoms with van der Waals surface area (Å²) < 4.78 is 26.9. The molecule has 0 radical (unpaired) electrons. The number of hydrogen-bond donors (Lipinski definition) is 1. The fraction of sp³-hybridized carbons (Fsp3) is 0.538. The summed E-state index contributed by atoms with van der Waals surface area (Å²) in [5.74, 6) is 0. The van der Waals surface area contributed by atoms with Crippen molar-refractivity contribution in [3.63, 3.8) is 0 Å². The Morgan fingerprint density at radius 3 is 2.72 bits per heavy atom. The Labute approximate surface area is 109 Å². The van der Waals surface area contributed by atoms with E-state index in [1.165, 1.54) is 0 Å². The van der Waals surface area contributed by atoms with Crippen LogP contribution in [-0.4, -0.2) is 25.3 Å². The van der Waals surface area contributed by atoms with Crippen molar-refractivity contribution in [2.45, 2.75) is 44.0 Å². The molecule has 2 rings (SSSR count). The molecule has 0 saturated carbocycles. The van der Waals surface area contributed by atoms with Gasteiger partial charge in [-0.15, -0.1) is 0 Å². The number of aryl methyl sites for hydroxylation is 1. The van der Waals surface area contributed by atoms with E-state index < -0.39 is 10.0 Å². The Morgan fingerprint density at radius 2 is 2.06 bits per heavy atom. The standard InChI is InChI=1S/C13H20N2O2S/c1-10-6-7-12(14)9-13(10)18(16,17)15-8-4-3-5-11(15)2/h6-7,9,11H,3-5,8,14H2,1-2H3. The lowest BCUT2D eigenvalue weighted by molar-refractivity contribution is 0.268. The summed E-state index contributed by atoms with van der Waals surface area (Å²) in [5, 5.41) is 0. The molecular formula is C13H20N2O2S. The molecular weight excluding hydrogens is 248 g/mol. The SMILES string of the molecule is Cc1ccc(N)cc1S(=O)(=O)N1CCCCC1C. The third-order valence-corrected chi connectivity index (χ3v) is 5.70. The largest absolute Gasteiger partial charge is 0.399 e. The Hall–Kier alpha value is -1.07. The summed E-state index contributed by atoms with van der Waals surface area (Å²) in [5.41, 5.74) is 6.95. The number of nitrogens with two attached hydrogens (primary N) is 1. The van der Waals surface area contributed by atoms with Crippen LogP contribution in [-0.2, 0) is 10.0 Å². The lowest BCUT2D eigenvalue weighted by Gasteiger charge is -2.32. The van der Waals surface area contributed by atoms with E-state index in [1.807, 2.05) is 6.92 Å². The number of benzene rings is 1. The minimum Gasteiger partial charge on any atom is -0.399 e. The summed E-state index contributed by atoms with van der Waals surface area (Å²) in [7, 11) is -3.41. The first-order valence-electron chi connectivity index (χ1n) is 6.31. The van der Waals surface area contributed by atoms with Gasteiger partial charge in [-0.25, -0.2) is 8.42 Å². The van der Waals surface area contributed by atoms with Gasteiger partial charge in [0.2, 0.25) is 10.0 Å². The molecule has 100 valence electrons. The maximum Gasteiger partial charge on any atom is 0.243 e. The third kappa shape index (κ3) is 2.37. The van der Waals surface area contributed by atoms with Crippen LogP contribution >= 0.6 is 0 Å². The fourth-order valence-electron chi connectivity index (χ4n) is 2.45. The molecule has 1 atom stereocenters. The predicted octanol–water partition coefficient (Wildman–Crippen LogP) is 2.14. The number of piperidine rings is 1. The van der Waals surface area contributed by atoms with Crippen LogP contribution in [0.3, 0.4) is 0 Å². The lowest BCUT2D eigenvalue weighted by atomic mass is 10.1.